The second kappa shape index (κ2) is 3.21. The molecule has 94 valence electrons. The van der Waals surface area contributed by atoms with Crippen molar-refractivity contribution >= 4 is 11.9 Å². The molecule has 2 heterocycles. The largest absolute Gasteiger partial charge is 0.464 e. The zero-order valence-corrected chi connectivity index (χ0v) is 9.87. The van der Waals surface area contributed by atoms with Crippen LogP contribution in [0.4, 0.5) is 4.39 Å². The van der Waals surface area contributed by atoms with Gasteiger partial charge in [0.15, 0.2) is 0 Å². The molecule has 3 rings (SSSR count). The first-order valence-electron chi connectivity index (χ1n) is 6.16. The van der Waals surface area contributed by atoms with E-state index in [2.05, 4.69) is 0 Å². The fourth-order valence-corrected chi connectivity index (χ4v) is 3.39. The minimum Gasteiger partial charge on any atom is -0.464 e. The first-order chi connectivity index (χ1) is 8.04. The van der Waals surface area contributed by atoms with E-state index in [1.165, 1.54) is 0 Å². The highest BCUT2D eigenvalue weighted by Gasteiger charge is 2.71. The topological polar surface area (TPSA) is 46.6 Å². The number of nitrogens with zero attached hydrogens (tertiary/aromatic N) is 1. The number of hydrogen-bond acceptors (Lipinski definition) is 3. The molecule has 0 radical (unpaired) electrons. The lowest BCUT2D eigenvalue weighted by molar-refractivity contribution is -0.157. The third-order valence-electron chi connectivity index (χ3n) is 4.43. The molecule has 0 unspecified atom stereocenters. The van der Waals surface area contributed by atoms with E-state index in [9.17, 15) is 14.0 Å². The quantitative estimate of drug-likeness (QED) is 0.679. The van der Waals surface area contributed by atoms with Crippen LogP contribution in [-0.4, -0.2) is 41.6 Å². The summed E-state index contributed by atoms with van der Waals surface area (Å²) in [6.45, 7) is 2.44. The first-order valence-corrected chi connectivity index (χ1v) is 6.16. The third-order valence-corrected chi connectivity index (χ3v) is 4.43. The van der Waals surface area contributed by atoms with Gasteiger partial charge in [0.1, 0.15) is 11.7 Å². The van der Waals surface area contributed by atoms with E-state index >= 15 is 0 Å². The Kier molecular flexibility index (Phi) is 2.07. The molecule has 1 amide bonds. The van der Waals surface area contributed by atoms with Crippen LogP contribution < -0.4 is 0 Å². The molecule has 0 N–H and O–H groups in total. The van der Waals surface area contributed by atoms with E-state index in [1.807, 2.05) is 0 Å². The van der Waals surface area contributed by atoms with E-state index in [-0.39, 0.29) is 11.9 Å². The van der Waals surface area contributed by atoms with E-state index in [0.29, 0.717) is 38.8 Å². The molecular weight excluding hydrogens is 225 g/mol. The van der Waals surface area contributed by atoms with Crippen molar-refractivity contribution in [3.05, 3.63) is 0 Å². The summed E-state index contributed by atoms with van der Waals surface area (Å²) in [5.41, 5.74) is -1.29. The maximum absolute atomic E-state index is 13.4. The van der Waals surface area contributed by atoms with Crippen LogP contribution >= 0.6 is 0 Å². The van der Waals surface area contributed by atoms with E-state index in [1.54, 1.807) is 11.8 Å². The molecule has 3 aliphatic rings. The van der Waals surface area contributed by atoms with Gasteiger partial charge in [0.25, 0.3) is 0 Å². The Hall–Kier alpha value is -1.13. The Labute approximate surface area is 99.1 Å². The maximum atomic E-state index is 13.4. The molecule has 0 aromatic rings. The summed E-state index contributed by atoms with van der Waals surface area (Å²) in [6, 6.07) is 0. The highest BCUT2D eigenvalue weighted by Crippen LogP contribution is 2.62. The highest BCUT2D eigenvalue weighted by atomic mass is 19.1. The molecule has 0 aromatic carbocycles. The van der Waals surface area contributed by atoms with Crippen molar-refractivity contribution in [3.8, 4) is 0 Å². The highest BCUT2D eigenvalue weighted by molar-refractivity contribution is 5.93. The van der Waals surface area contributed by atoms with E-state index < -0.39 is 17.1 Å². The number of halogens is 1. The molecule has 0 aromatic heterocycles. The molecule has 2 saturated heterocycles. The monoisotopic (exact) mass is 241 g/mol. The SMILES string of the molecule is CCOC(=O)[C@@]12CCC(=O)N1C[C@]1(C[C@H]1F)C2. The van der Waals surface area contributed by atoms with Crippen molar-refractivity contribution in [1.29, 1.82) is 0 Å². The van der Waals surface area contributed by atoms with E-state index in [0.717, 1.165) is 0 Å². The van der Waals surface area contributed by atoms with Crippen molar-refractivity contribution in [2.24, 2.45) is 5.41 Å². The smallest absolute Gasteiger partial charge is 0.332 e. The van der Waals surface area contributed by atoms with Gasteiger partial charge in [0.05, 0.1) is 6.61 Å². The second-order valence-electron chi connectivity index (χ2n) is 5.44. The molecule has 0 bridgehead atoms. The van der Waals surface area contributed by atoms with Gasteiger partial charge in [0.2, 0.25) is 5.91 Å². The van der Waals surface area contributed by atoms with Crippen molar-refractivity contribution < 1.29 is 18.7 Å². The Morgan fingerprint density at radius 2 is 2.35 bits per heavy atom. The van der Waals surface area contributed by atoms with Crippen molar-refractivity contribution in [3.63, 3.8) is 0 Å². The second-order valence-corrected chi connectivity index (χ2v) is 5.44. The number of hydrogen-bond donors (Lipinski definition) is 0. The predicted octanol–water partition coefficient (Wildman–Crippen LogP) is 1.04. The normalized spacial score (nSPS) is 43.1. The van der Waals surface area contributed by atoms with Crippen molar-refractivity contribution in [1.82, 2.24) is 4.90 Å². The molecular formula is C12H16FNO3. The van der Waals surface area contributed by atoms with Crippen LogP contribution in [0.2, 0.25) is 0 Å². The average molecular weight is 241 g/mol. The summed E-state index contributed by atoms with van der Waals surface area (Å²) in [5.74, 6) is -0.379. The summed E-state index contributed by atoms with van der Waals surface area (Å²) in [6.07, 6.45) is 0.946. The van der Waals surface area contributed by atoms with Gasteiger partial charge in [-0.15, -0.1) is 0 Å². The van der Waals surface area contributed by atoms with Crippen LogP contribution in [-0.2, 0) is 14.3 Å². The molecule has 4 nitrogen and oxygen atoms in total. The maximum Gasteiger partial charge on any atom is 0.332 e. The lowest BCUT2D eigenvalue weighted by atomic mass is 9.88. The van der Waals surface area contributed by atoms with Crippen LogP contribution in [0.15, 0.2) is 0 Å². The number of esters is 1. The lowest BCUT2D eigenvalue weighted by Crippen LogP contribution is -2.48. The zero-order chi connectivity index (χ0) is 12.3. The Morgan fingerprint density at radius 3 is 2.94 bits per heavy atom. The van der Waals surface area contributed by atoms with Gasteiger partial charge in [-0.25, -0.2) is 9.18 Å². The number of ether oxygens (including phenoxy) is 1. The summed E-state index contributed by atoms with van der Waals surface area (Å²) in [4.78, 5) is 25.4. The molecule has 1 aliphatic carbocycles. The van der Waals surface area contributed by atoms with Crippen molar-refractivity contribution in [2.75, 3.05) is 13.2 Å². The summed E-state index contributed by atoms with van der Waals surface area (Å²) >= 11 is 0. The van der Waals surface area contributed by atoms with E-state index in [4.69, 9.17) is 4.74 Å². The Morgan fingerprint density at radius 1 is 1.65 bits per heavy atom. The molecule has 1 spiro atoms. The van der Waals surface area contributed by atoms with Crippen LogP contribution in [0.25, 0.3) is 0 Å². The Balaban J connectivity index is 1.90. The average Bonchev–Trinajstić information content (AvgIpc) is 2.65. The van der Waals surface area contributed by atoms with Crippen LogP contribution in [0.1, 0.15) is 32.6 Å². The predicted molar refractivity (Wildman–Crippen MR) is 56.9 cm³/mol. The van der Waals surface area contributed by atoms with Gasteiger partial charge in [-0.3, -0.25) is 4.79 Å². The number of rotatable bonds is 2. The van der Waals surface area contributed by atoms with Gasteiger partial charge < -0.3 is 9.64 Å². The van der Waals surface area contributed by atoms with Crippen LogP contribution in [0.5, 0.6) is 0 Å². The number of amides is 1. The minimum atomic E-state index is -0.854. The Bertz CT molecular complexity index is 399. The molecule has 3 atom stereocenters. The molecule has 1 saturated carbocycles. The first kappa shape index (κ1) is 11.0. The molecule has 3 fully saturated rings. The van der Waals surface area contributed by atoms with Crippen LogP contribution in [0, 0.1) is 5.41 Å². The summed E-state index contributed by atoms with van der Waals surface area (Å²) in [5, 5.41) is 0. The standard InChI is InChI=1S/C12H16FNO3/c1-2-17-10(16)12-4-3-9(15)14(12)7-11(6-12)5-8(11)13/h8H,2-7H2,1H3/t8-,11+,12+/m1/s1. The number of fused-ring (bicyclic) bond motifs is 1. The lowest BCUT2D eigenvalue weighted by Gasteiger charge is -2.28. The minimum absolute atomic E-state index is 0.0333. The van der Waals surface area contributed by atoms with Gasteiger partial charge >= 0.3 is 5.97 Å². The number of carbonyl (C=O) groups is 2. The van der Waals surface area contributed by atoms with Gasteiger partial charge in [0, 0.05) is 18.4 Å². The van der Waals surface area contributed by atoms with Crippen LogP contribution in [0.3, 0.4) is 0 Å². The summed E-state index contributed by atoms with van der Waals surface area (Å²) in [7, 11) is 0. The fraction of sp³-hybridized carbons (Fsp3) is 0.833. The molecule has 2 aliphatic heterocycles. The fourth-order valence-electron chi connectivity index (χ4n) is 3.39. The third kappa shape index (κ3) is 1.28. The molecule has 5 heteroatoms. The molecule has 17 heavy (non-hydrogen) atoms. The summed E-state index contributed by atoms with van der Waals surface area (Å²) < 4.78 is 18.5. The number of carbonyl (C=O) groups excluding carboxylic acids is 2. The zero-order valence-electron chi connectivity index (χ0n) is 9.87. The van der Waals surface area contributed by atoms with Gasteiger partial charge in [-0.2, -0.15) is 0 Å². The number of alkyl halides is 1. The van der Waals surface area contributed by atoms with Gasteiger partial charge in [-0.05, 0) is 26.2 Å². The van der Waals surface area contributed by atoms with Gasteiger partial charge in [-0.1, -0.05) is 0 Å². The van der Waals surface area contributed by atoms with Crippen molar-refractivity contribution in [2.45, 2.75) is 44.3 Å².